The molecule has 2 aromatic heterocycles. The van der Waals surface area contributed by atoms with E-state index < -0.39 is 0 Å². The van der Waals surface area contributed by atoms with Gasteiger partial charge in [-0.15, -0.1) is 0 Å². The zero-order chi connectivity index (χ0) is 19.0. The molecule has 0 saturated carbocycles. The first kappa shape index (κ1) is 17.4. The van der Waals surface area contributed by atoms with Crippen LogP contribution in [-0.4, -0.2) is 19.9 Å². The monoisotopic (exact) mass is 370 g/mol. The molecule has 28 heavy (non-hydrogen) atoms. The maximum Gasteiger partial charge on any atom is 0.149 e. The van der Waals surface area contributed by atoms with Crippen molar-refractivity contribution in [1.29, 1.82) is 0 Å². The molecule has 2 N–H and O–H groups in total. The van der Waals surface area contributed by atoms with Gasteiger partial charge < -0.3 is 18.8 Å². The SMILES string of the molecule is c1cccoc2ccccc2[nH]c2cc(ncn2)[nH]c2cccc(c2)occ1. The van der Waals surface area contributed by atoms with E-state index in [1.54, 1.807) is 24.7 Å². The van der Waals surface area contributed by atoms with Gasteiger partial charge in [-0.25, -0.2) is 9.97 Å². The lowest BCUT2D eigenvalue weighted by atomic mass is 10.3. The molecule has 4 rings (SSSR count). The van der Waals surface area contributed by atoms with E-state index in [1.165, 1.54) is 6.33 Å². The predicted molar refractivity (Wildman–Crippen MR) is 109 cm³/mol. The van der Waals surface area contributed by atoms with E-state index in [-0.39, 0.29) is 0 Å². The van der Waals surface area contributed by atoms with Crippen molar-refractivity contribution < 1.29 is 8.83 Å². The maximum atomic E-state index is 5.73. The van der Waals surface area contributed by atoms with Gasteiger partial charge in [0.15, 0.2) is 0 Å². The fourth-order valence-corrected chi connectivity index (χ4v) is 2.55. The Bertz CT molecular complexity index is 1290. The first-order valence-electron chi connectivity index (χ1n) is 8.74. The van der Waals surface area contributed by atoms with E-state index in [0.717, 1.165) is 16.6 Å². The normalized spacial score (nSPS) is 10.1. The Labute approximate surface area is 160 Å². The van der Waals surface area contributed by atoms with Crippen LogP contribution >= 0.6 is 0 Å². The summed E-state index contributed by atoms with van der Waals surface area (Å²) >= 11 is 0. The molecule has 0 aliphatic carbocycles. The topological polar surface area (TPSA) is 83.6 Å². The first-order valence-corrected chi connectivity index (χ1v) is 8.74. The summed E-state index contributed by atoms with van der Waals surface area (Å²) in [4.78, 5) is 15.1. The van der Waals surface area contributed by atoms with Gasteiger partial charge in [0.2, 0.25) is 0 Å². The second kappa shape index (κ2) is 8.55. The molecule has 0 aliphatic rings. The number of para-hydroxylation sites is 2. The number of fused-ring (bicyclic) bond motifs is 5. The third-order valence-electron chi connectivity index (χ3n) is 3.81. The van der Waals surface area contributed by atoms with Crippen molar-refractivity contribution in [3.63, 3.8) is 0 Å². The van der Waals surface area contributed by atoms with Crippen molar-refractivity contribution in [2.75, 3.05) is 0 Å². The van der Waals surface area contributed by atoms with Crippen LogP contribution in [0.25, 0.3) is 33.5 Å². The van der Waals surface area contributed by atoms with Gasteiger partial charge in [0, 0.05) is 17.6 Å². The van der Waals surface area contributed by atoms with Gasteiger partial charge in [-0.2, -0.15) is 0 Å². The Hall–Kier alpha value is -4.06. The second-order valence-electron chi connectivity index (χ2n) is 5.84. The lowest BCUT2D eigenvalue weighted by Crippen LogP contribution is -1.84. The number of hydrogen-bond donors (Lipinski definition) is 2. The molecule has 2 aromatic carbocycles. The molecular formula is C22H18N4O2. The lowest BCUT2D eigenvalue weighted by molar-refractivity contribution is 0.603. The van der Waals surface area contributed by atoms with Gasteiger partial charge in [0.1, 0.15) is 28.8 Å². The van der Waals surface area contributed by atoms with Gasteiger partial charge in [0.25, 0.3) is 0 Å². The minimum absolute atomic E-state index is 0.647. The Morgan fingerprint density at radius 1 is 0.643 bits per heavy atom. The molecule has 0 atom stereocenters. The molecule has 0 unspecified atom stereocenters. The maximum absolute atomic E-state index is 5.73. The number of nitrogens with one attached hydrogen (secondary N) is 2. The van der Waals surface area contributed by atoms with Crippen molar-refractivity contribution in [2.45, 2.75) is 0 Å². The van der Waals surface area contributed by atoms with Gasteiger partial charge >= 0.3 is 0 Å². The van der Waals surface area contributed by atoms with Crippen molar-refractivity contribution >= 4 is 33.5 Å². The molecule has 0 amide bonds. The Balaban J connectivity index is 2.04. The summed E-state index contributed by atoms with van der Waals surface area (Å²) in [5, 5.41) is 0. The van der Waals surface area contributed by atoms with E-state index in [4.69, 9.17) is 8.83 Å². The third-order valence-corrected chi connectivity index (χ3v) is 3.81. The predicted octanol–water partition coefficient (Wildman–Crippen LogP) is 5.71. The van der Waals surface area contributed by atoms with Crippen LogP contribution in [0.15, 0.2) is 107 Å². The number of nitrogens with zero attached hydrogens (tertiary/aromatic N) is 2. The van der Waals surface area contributed by atoms with Crippen LogP contribution < -0.4 is 0 Å². The van der Waals surface area contributed by atoms with Gasteiger partial charge in [-0.1, -0.05) is 30.3 Å². The standard InChI is InChI=1S/C22H18N4O2/c1-2-6-13-28-20-11-4-3-10-19(20)26-22-15-21(23-16-24-22)25-17-8-7-9-18(14-17)27-12-5-1/h1-16H,(H2,23,24,25,26). The summed E-state index contributed by atoms with van der Waals surface area (Å²) in [6.07, 6.45) is 4.74. The van der Waals surface area contributed by atoms with Crippen LogP contribution in [0.1, 0.15) is 0 Å². The highest BCUT2D eigenvalue weighted by atomic mass is 16.3. The van der Waals surface area contributed by atoms with Crippen LogP contribution in [-0.2, 0) is 0 Å². The molecule has 0 fully saturated rings. The zero-order valence-electron chi connectivity index (χ0n) is 14.9. The molecule has 138 valence electrons. The third kappa shape index (κ3) is 4.56. The molecule has 0 radical (unpaired) electrons. The smallest absolute Gasteiger partial charge is 0.149 e. The molecule has 6 heteroatoms. The van der Waals surface area contributed by atoms with E-state index in [9.17, 15) is 0 Å². The van der Waals surface area contributed by atoms with Gasteiger partial charge in [-0.3, -0.25) is 0 Å². The quantitative estimate of drug-likeness (QED) is 0.415. The molecule has 4 bridgehead atoms. The Kier molecular flexibility index (Phi) is 5.30. The van der Waals surface area contributed by atoms with E-state index in [2.05, 4.69) is 19.9 Å². The fourth-order valence-electron chi connectivity index (χ4n) is 2.55. The summed E-state index contributed by atoms with van der Waals surface area (Å²) < 4.78 is 11.4. The van der Waals surface area contributed by atoms with Gasteiger partial charge in [0.05, 0.1) is 18.0 Å². The summed E-state index contributed by atoms with van der Waals surface area (Å²) in [6, 6.07) is 24.4. The van der Waals surface area contributed by atoms with Crippen molar-refractivity contribution in [3.05, 3.63) is 97.7 Å². The highest BCUT2D eigenvalue weighted by molar-refractivity contribution is 5.72. The highest BCUT2D eigenvalue weighted by Gasteiger charge is 1.92. The van der Waals surface area contributed by atoms with Crippen molar-refractivity contribution in [1.82, 2.24) is 19.9 Å². The van der Waals surface area contributed by atoms with Crippen LogP contribution in [0.2, 0.25) is 0 Å². The number of H-pyrrole nitrogens is 2. The number of benzene rings is 2. The zero-order valence-corrected chi connectivity index (χ0v) is 14.9. The average molecular weight is 370 g/mol. The largest absolute Gasteiger partial charge is 0.465 e. The number of aromatic nitrogens is 4. The minimum Gasteiger partial charge on any atom is -0.465 e. The van der Waals surface area contributed by atoms with Crippen LogP contribution in [0.5, 0.6) is 0 Å². The van der Waals surface area contributed by atoms with Crippen molar-refractivity contribution in [2.24, 2.45) is 0 Å². The van der Waals surface area contributed by atoms with E-state index in [1.807, 2.05) is 66.7 Å². The first-order chi connectivity index (χ1) is 13.9. The average Bonchev–Trinajstić information content (AvgIpc) is 2.71. The van der Waals surface area contributed by atoms with E-state index >= 15 is 0 Å². The second-order valence-corrected chi connectivity index (χ2v) is 5.84. The summed E-state index contributed by atoms with van der Waals surface area (Å²) in [7, 11) is 0. The van der Waals surface area contributed by atoms with E-state index in [0.29, 0.717) is 16.9 Å². The molecule has 4 aromatic rings. The summed E-state index contributed by atoms with van der Waals surface area (Å²) in [5.74, 6) is 0. The highest BCUT2D eigenvalue weighted by Crippen LogP contribution is 2.09. The van der Waals surface area contributed by atoms with Crippen LogP contribution in [0.3, 0.4) is 0 Å². The fraction of sp³-hybridized carbons (Fsp3) is 0. The summed E-state index contributed by atoms with van der Waals surface area (Å²) in [6.45, 7) is 0. The molecule has 0 saturated heterocycles. The molecule has 0 spiro atoms. The number of aromatic amines is 2. The Morgan fingerprint density at radius 3 is 2.32 bits per heavy atom. The van der Waals surface area contributed by atoms with Crippen molar-refractivity contribution in [3.8, 4) is 0 Å². The van der Waals surface area contributed by atoms with Crippen LogP contribution in [0.4, 0.5) is 0 Å². The molecule has 2 heterocycles. The molecule has 6 nitrogen and oxygen atoms in total. The number of rotatable bonds is 0. The number of hydrogen-bond acceptors (Lipinski definition) is 4. The molecule has 0 aliphatic heterocycles. The van der Waals surface area contributed by atoms with Gasteiger partial charge in [-0.05, 0) is 36.4 Å². The summed E-state index contributed by atoms with van der Waals surface area (Å²) in [5.41, 5.74) is 4.38. The lowest BCUT2D eigenvalue weighted by Gasteiger charge is -1.95. The Morgan fingerprint density at radius 2 is 1.43 bits per heavy atom. The molecular weight excluding hydrogens is 352 g/mol. The van der Waals surface area contributed by atoms with Crippen LogP contribution in [0, 0.1) is 0 Å². The minimum atomic E-state index is 0.647.